The Balaban J connectivity index is 1.79. The molecule has 1 aliphatic rings. The number of hydrogen-bond donors (Lipinski definition) is 1. The van der Waals surface area contributed by atoms with Gasteiger partial charge in [-0.3, -0.25) is 14.4 Å². The summed E-state index contributed by atoms with van der Waals surface area (Å²) in [6, 6.07) is 6.60. The molecule has 0 atom stereocenters. The van der Waals surface area contributed by atoms with Gasteiger partial charge in [0.15, 0.2) is 6.61 Å². The van der Waals surface area contributed by atoms with E-state index in [2.05, 4.69) is 10.1 Å². The lowest BCUT2D eigenvalue weighted by atomic mass is 10.2. The number of carbonyl (C=O) groups excluding carboxylic acids is 4. The van der Waals surface area contributed by atoms with E-state index in [0.717, 1.165) is 4.90 Å². The van der Waals surface area contributed by atoms with E-state index in [1.165, 1.54) is 0 Å². The molecular formula is C16H18N2O7. The fourth-order valence-corrected chi connectivity index (χ4v) is 2.07. The first-order valence-corrected chi connectivity index (χ1v) is 7.65. The molecule has 0 aromatic heterocycles. The van der Waals surface area contributed by atoms with Gasteiger partial charge in [0.05, 0.1) is 18.7 Å². The van der Waals surface area contributed by atoms with Crippen LogP contribution in [0.2, 0.25) is 0 Å². The molecule has 0 radical (unpaired) electrons. The third-order valence-corrected chi connectivity index (χ3v) is 3.24. The molecule has 1 aliphatic heterocycles. The van der Waals surface area contributed by atoms with Crippen molar-refractivity contribution in [2.45, 2.75) is 6.92 Å². The van der Waals surface area contributed by atoms with Crippen molar-refractivity contribution < 1.29 is 33.4 Å². The van der Waals surface area contributed by atoms with E-state index in [-0.39, 0.29) is 18.7 Å². The van der Waals surface area contributed by atoms with Crippen molar-refractivity contribution in [3.05, 3.63) is 29.8 Å². The highest BCUT2D eigenvalue weighted by Gasteiger charge is 2.28. The van der Waals surface area contributed by atoms with Crippen molar-refractivity contribution >= 4 is 23.9 Å². The molecule has 0 bridgehead atoms. The summed E-state index contributed by atoms with van der Waals surface area (Å²) in [4.78, 5) is 47.5. The Morgan fingerprint density at radius 3 is 2.72 bits per heavy atom. The second kappa shape index (κ2) is 8.67. The summed E-state index contributed by atoms with van der Waals surface area (Å²) in [7, 11) is 0. The predicted octanol–water partition coefficient (Wildman–Crippen LogP) is 0.337. The van der Waals surface area contributed by atoms with E-state index in [9.17, 15) is 19.2 Å². The number of imide groups is 1. The second-order valence-corrected chi connectivity index (χ2v) is 4.93. The lowest BCUT2D eigenvalue weighted by molar-refractivity contribution is -0.149. The van der Waals surface area contributed by atoms with Gasteiger partial charge >= 0.3 is 12.1 Å². The molecule has 0 saturated carbocycles. The van der Waals surface area contributed by atoms with Crippen LogP contribution in [0.1, 0.15) is 17.3 Å². The van der Waals surface area contributed by atoms with Crippen molar-refractivity contribution in [2.75, 3.05) is 32.9 Å². The number of rotatable bonds is 7. The van der Waals surface area contributed by atoms with Crippen LogP contribution in [0.25, 0.3) is 0 Å². The average Bonchev–Trinajstić information content (AvgIpc) is 3.04. The first kappa shape index (κ1) is 18.2. The zero-order valence-electron chi connectivity index (χ0n) is 13.6. The van der Waals surface area contributed by atoms with E-state index >= 15 is 0 Å². The van der Waals surface area contributed by atoms with Crippen LogP contribution in [0.15, 0.2) is 24.3 Å². The number of amides is 3. The quantitative estimate of drug-likeness (QED) is 0.706. The van der Waals surface area contributed by atoms with Crippen LogP contribution in [-0.2, 0) is 19.1 Å². The number of ether oxygens (including phenoxy) is 3. The van der Waals surface area contributed by atoms with Gasteiger partial charge in [0.2, 0.25) is 0 Å². The van der Waals surface area contributed by atoms with Crippen molar-refractivity contribution in [1.29, 1.82) is 0 Å². The minimum Gasteiger partial charge on any atom is -0.493 e. The Morgan fingerprint density at radius 1 is 1.28 bits per heavy atom. The SMILES string of the molecule is CCOc1ccccc1C(=O)NCC(=O)OCC(=O)N1CCOC1=O. The minimum atomic E-state index is -0.803. The van der Waals surface area contributed by atoms with Gasteiger partial charge in [-0.1, -0.05) is 12.1 Å². The molecule has 9 heteroatoms. The highest BCUT2D eigenvalue weighted by atomic mass is 16.6. The number of carbonyl (C=O) groups is 4. The van der Waals surface area contributed by atoms with Crippen LogP contribution < -0.4 is 10.1 Å². The summed E-state index contributed by atoms with van der Waals surface area (Å²) in [5.41, 5.74) is 0.285. The molecule has 9 nitrogen and oxygen atoms in total. The van der Waals surface area contributed by atoms with E-state index in [1.54, 1.807) is 31.2 Å². The summed E-state index contributed by atoms with van der Waals surface area (Å²) < 4.78 is 14.7. The average molecular weight is 350 g/mol. The Morgan fingerprint density at radius 2 is 2.04 bits per heavy atom. The number of nitrogens with zero attached hydrogens (tertiary/aromatic N) is 1. The smallest absolute Gasteiger partial charge is 0.416 e. The summed E-state index contributed by atoms with van der Waals surface area (Å²) >= 11 is 0. The molecule has 25 heavy (non-hydrogen) atoms. The number of para-hydroxylation sites is 1. The third-order valence-electron chi connectivity index (χ3n) is 3.24. The summed E-state index contributed by atoms with van der Waals surface area (Å²) in [5, 5.41) is 2.39. The number of esters is 1. The van der Waals surface area contributed by atoms with Crippen LogP contribution >= 0.6 is 0 Å². The number of hydrogen-bond acceptors (Lipinski definition) is 7. The Bertz CT molecular complexity index is 674. The number of cyclic esters (lactones) is 1. The molecular weight excluding hydrogens is 332 g/mol. The zero-order chi connectivity index (χ0) is 18.2. The van der Waals surface area contributed by atoms with Gasteiger partial charge in [-0.25, -0.2) is 9.69 Å². The summed E-state index contributed by atoms with van der Waals surface area (Å²) in [6.45, 7) is 1.41. The largest absolute Gasteiger partial charge is 0.493 e. The highest BCUT2D eigenvalue weighted by Crippen LogP contribution is 2.17. The van der Waals surface area contributed by atoms with Crippen LogP contribution in [0.3, 0.4) is 0 Å². The normalized spacial score (nSPS) is 13.2. The van der Waals surface area contributed by atoms with Crippen molar-refractivity contribution in [2.24, 2.45) is 0 Å². The topological polar surface area (TPSA) is 111 Å². The lowest BCUT2D eigenvalue weighted by Gasteiger charge is -2.12. The molecule has 134 valence electrons. The first-order valence-electron chi connectivity index (χ1n) is 7.65. The summed E-state index contributed by atoms with van der Waals surface area (Å²) in [6.07, 6.45) is -0.762. The van der Waals surface area contributed by atoms with E-state index in [4.69, 9.17) is 9.47 Å². The molecule has 0 aliphatic carbocycles. The lowest BCUT2D eigenvalue weighted by Crippen LogP contribution is -2.37. The Labute approximate surface area is 143 Å². The molecule has 1 aromatic rings. The van der Waals surface area contributed by atoms with Gasteiger partial charge in [-0.15, -0.1) is 0 Å². The van der Waals surface area contributed by atoms with Crippen molar-refractivity contribution in [1.82, 2.24) is 10.2 Å². The maximum absolute atomic E-state index is 12.1. The third kappa shape index (κ3) is 4.93. The highest BCUT2D eigenvalue weighted by molar-refractivity contribution is 5.98. The van der Waals surface area contributed by atoms with Crippen LogP contribution in [0.4, 0.5) is 4.79 Å². The standard InChI is InChI=1S/C16H18N2O7/c1-2-23-12-6-4-3-5-11(12)15(21)17-9-14(20)25-10-13(19)18-7-8-24-16(18)22/h3-6H,2,7-10H2,1H3,(H,17,21). The molecule has 0 unspecified atom stereocenters. The molecule has 1 aromatic carbocycles. The number of nitrogens with one attached hydrogen (secondary N) is 1. The van der Waals surface area contributed by atoms with E-state index < -0.39 is 37.0 Å². The first-order chi connectivity index (χ1) is 12.0. The monoisotopic (exact) mass is 350 g/mol. The maximum Gasteiger partial charge on any atom is 0.416 e. The van der Waals surface area contributed by atoms with Gasteiger partial charge in [0.25, 0.3) is 11.8 Å². The molecule has 1 N–H and O–H groups in total. The summed E-state index contributed by atoms with van der Waals surface area (Å²) in [5.74, 6) is -1.58. The van der Waals surface area contributed by atoms with Gasteiger partial charge in [0.1, 0.15) is 18.9 Å². The predicted molar refractivity (Wildman–Crippen MR) is 84.0 cm³/mol. The minimum absolute atomic E-state index is 0.119. The van der Waals surface area contributed by atoms with Crippen LogP contribution in [-0.4, -0.2) is 61.7 Å². The maximum atomic E-state index is 12.1. The molecule has 2 rings (SSSR count). The fraction of sp³-hybridized carbons (Fsp3) is 0.375. The fourth-order valence-electron chi connectivity index (χ4n) is 2.07. The molecule has 3 amide bonds. The van der Waals surface area contributed by atoms with Gasteiger partial charge in [-0.2, -0.15) is 0 Å². The van der Waals surface area contributed by atoms with E-state index in [1.807, 2.05) is 0 Å². The van der Waals surface area contributed by atoms with E-state index in [0.29, 0.717) is 12.4 Å². The van der Waals surface area contributed by atoms with Gasteiger partial charge in [0, 0.05) is 0 Å². The van der Waals surface area contributed by atoms with Gasteiger partial charge in [-0.05, 0) is 19.1 Å². The van der Waals surface area contributed by atoms with Crippen LogP contribution in [0.5, 0.6) is 5.75 Å². The number of benzene rings is 1. The molecule has 1 saturated heterocycles. The molecule has 1 fully saturated rings. The molecule has 0 spiro atoms. The van der Waals surface area contributed by atoms with Crippen molar-refractivity contribution in [3.8, 4) is 5.75 Å². The Kier molecular flexibility index (Phi) is 6.33. The van der Waals surface area contributed by atoms with Gasteiger partial charge < -0.3 is 19.5 Å². The van der Waals surface area contributed by atoms with Crippen LogP contribution in [0, 0.1) is 0 Å². The molecule has 1 heterocycles. The Hall–Kier alpha value is -3.10. The second-order valence-electron chi connectivity index (χ2n) is 4.93. The van der Waals surface area contributed by atoms with Crippen molar-refractivity contribution in [3.63, 3.8) is 0 Å². The zero-order valence-corrected chi connectivity index (χ0v) is 13.6.